The van der Waals surface area contributed by atoms with Crippen LogP contribution in [0.3, 0.4) is 0 Å². The third-order valence-electron chi connectivity index (χ3n) is 4.15. The Hall–Kier alpha value is -3.17. The van der Waals surface area contributed by atoms with Crippen LogP contribution in [-0.4, -0.2) is 27.4 Å². The topological polar surface area (TPSA) is 102 Å². The zero-order chi connectivity index (χ0) is 21.0. The summed E-state index contributed by atoms with van der Waals surface area (Å²) in [7, 11) is -2.36. The molecule has 0 aliphatic heterocycles. The molecule has 1 heterocycles. The van der Waals surface area contributed by atoms with Crippen LogP contribution in [0.15, 0.2) is 64.2 Å². The maximum atomic E-state index is 12.5. The molecule has 0 spiro atoms. The van der Waals surface area contributed by atoms with Gasteiger partial charge in [0.25, 0.3) is 15.9 Å². The molecule has 9 heteroatoms. The van der Waals surface area contributed by atoms with E-state index in [2.05, 4.69) is 10.0 Å². The van der Waals surface area contributed by atoms with E-state index < -0.39 is 16.0 Å². The number of nitrogens with one attached hydrogen (secondary N) is 2. The maximum absolute atomic E-state index is 12.5. The second-order valence-corrected chi connectivity index (χ2v) is 8.90. The molecule has 0 aliphatic carbocycles. The fraction of sp³-hybridized carbons (Fsp3) is 0.100. The maximum Gasteiger partial charge on any atom is 0.338 e. The van der Waals surface area contributed by atoms with Gasteiger partial charge in [0.15, 0.2) is 0 Å². The van der Waals surface area contributed by atoms with Crippen LogP contribution in [0, 0.1) is 6.92 Å². The Bertz CT molecular complexity index is 1140. The number of amides is 1. The Morgan fingerprint density at radius 3 is 2.34 bits per heavy atom. The van der Waals surface area contributed by atoms with Crippen molar-refractivity contribution in [3.05, 3.63) is 76.7 Å². The third-order valence-corrected chi connectivity index (χ3v) is 6.93. The Kier molecular flexibility index (Phi) is 6.00. The number of hydrogen-bond donors (Lipinski definition) is 2. The van der Waals surface area contributed by atoms with Gasteiger partial charge in [0, 0.05) is 16.9 Å². The lowest BCUT2D eigenvalue weighted by molar-refractivity contribution is 0.0599. The van der Waals surface area contributed by atoms with E-state index in [0.717, 1.165) is 11.3 Å². The average molecular weight is 431 g/mol. The largest absolute Gasteiger partial charge is 0.465 e. The molecule has 150 valence electrons. The Balaban J connectivity index is 1.74. The molecular weight excluding hydrogens is 412 g/mol. The van der Waals surface area contributed by atoms with Gasteiger partial charge in [-0.2, -0.15) is 0 Å². The van der Waals surface area contributed by atoms with Crippen molar-refractivity contribution >= 4 is 44.6 Å². The van der Waals surface area contributed by atoms with E-state index >= 15 is 0 Å². The minimum atomic E-state index is -3.65. The van der Waals surface area contributed by atoms with E-state index in [-0.39, 0.29) is 10.1 Å². The number of anilines is 2. The van der Waals surface area contributed by atoms with Crippen LogP contribution >= 0.6 is 11.3 Å². The van der Waals surface area contributed by atoms with Crippen LogP contribution in [0.1, 0.15) is 26.3 Å². The molecule has 3 aromatic rings. The molecule has 0 atom stereocenters. The van der Waals surface area contributed by atoms with Gasteiger partial charge >= 0.3 is 5.97 Å². The molecule has 0 saturated carbocycles. The second-order valence-electron chi connectivity index (χ2n) is 6.04. The molecule has 0 unspecified atom stereocenters. The first-order valence-corrected chi connectivity index (χ1v) is 10.8. The SMILES string of the molecule is COC(=O)c1cccc(NC(=O)c2ccc(NS(=O)(=O)c3cccs3)cc2)c1C. The fourth-order valence-corrected chi connectivity index (χ4v) is 4.66. The summed E-state index contributed by atoms with van der Waals surface area (Å²) in [6.45, 7) is 1.71. The van der Waals surface area contributed by atoms with Crippen LogP contribution in [0.4, 0.5) is 11.4 Å². The first-order valence-electron chi connectivity index (χ1n) is 8.47. The number of rotatable bonds is 6. The zero-order valence-corrected chi connectivity index (χ0v) is 17.3. The molecule has 7 nitrogen and oxygen atoms in total. The number of esters is 1. The van der Waals surface area contributed by atoms with Crippen LogP contribution in [0.5, 0.6) is 0 Å². The number of carbonyl (C=O) groups is 2. The minimum absolute atomic E-state index is 0.209. The number of thiophene rings is 1. The fourth-order valence-electron chi connectivity index (χ4n) is 2.61. The van der Waals surface area contributed by atoms with E-state index in [9.17, 15) is 18.0 Å². The van der Waals surface area contributed by atoms with Gasteiger partial charge in [0.05, 0.1) is 12.7 Å². The molecule has 2 N–H and O–H groups in total. The molecule has 0 fully saturated rings. The van der Waals surface area contributed by atoms with E-state index in [1.54, 1.807) is 36.6 Å². The van der Waals surface area contributed by atoms with Gasteiger partial charge in [-0.15, -0.1) is 11.3 Å². The van der Waals surface area contributed by atoms with Crippen LogP contribution in [-0.2, 0) is 14.8 Å². The first-order chi connectivity index (χ1) is 13.8. The van der Waals surface area contributed by atoms with Crippen molar-refractivity contribution in [1.29, 1.82) is 0 Å². The van der Waals surface area contributed by atoms with E-state index in [0.29, 0.717) is 28.1 Å². The van der Waals surface area contributed by atoms with E-state index in [4.69, 9.17) is 4.74 Å². The molecule has 3 rings (SSSR count). The monoisotopic (exact) mass is 430 g/mol. The van der Waals surface area contributed by atoms with Crippen LogP contribution < -0.4 is 10.0 Å². The van der Waals surface area contributed by atoms with Gasteiger partial charge in [-0.25, -0.2) is 13.2 Å². The summed E-state index contributed by atoms with van der Waals surface area (Å²) in [4.78, 5) is 24.3. The highest BCUT2D eigenvalue weighted by Crippen LogP contribution is 2.22. The summed E-state index contributed by atoms with van der Waals surface area (Å²) in [5.41, 5.74) is 2.13. The van der Waals surface area contributed by atoms with Crippen molar-refractivity contribution in [2.75, 3.05) is 17.1 Å². The van der Waals surface area contributed by atoms with E-state index in [1.807, 2.05) is 0 Å². The van der Waals surface area contributed by atoms with E-state index in [1.165, 1.54) is 37.4 Å². The quantitative estimate of drug-likeness (QED) is 0.578. The zero-order valence-electron chi connectivity index (χ0n) is 15.6. The van der Waals surface area contributed by atoms with Gasteiger partial charge in [0.1, 0.15) is 4.21 Å². The number of carbonyl (C=O) groups excluding carboxylic acids is 2. The predicted molar refractivity (Wildman–Crippen MR) is 112 cm³/mol. The van der Waals surface area contributed by atoms with Crippen LogP contribution in [0.25, 0.3) is 0 Å². The molecular formula is C20H18N2O5S2. The Morgan fingerprint density at radius 1 is 1.00 bits per heavy atom. The normalized spacial score (nSPS) is 11.0. The lowest BCUT2D eigenvalue weighted by Crippen LogP contribution is -2.15. The average Bonchev–Trinajstić information content (AvgIpc) is 3.25. The number of sulfonamides is 1. The molecule has 0 aliphatic rings. The van der Waals surface area contributed by atoms with Crippen molar-refractivity contribution in [1.82, 2.24) is 0 Å². The highest BCUT2D eigenvalue weighted by molar-refractivity contribution is 7.94. The van der Waals surface area contributed by atoms with Gasteiger partial charge in [0.2, 0.25) is 0 Å². The smallest absolute Gasteiger partial charge is 0.338 e. The molecule has 29 heavy (non-hydrogen) atoms. The second kappa shape index (κ2) is 8.46. The Morgan fingerprint density at radius 2 is 1.72 bits per heavy atom. The lowest BCUT2D eigenvalue weighted by atomic mass is 10.1. The Labute approximate surface area is 172 Å². The minimum Gasteiger partial charge on any atom is -0.465 e. The summed E-state index contributed by atoms with van der Waals surface area (Å²) >= 11 is 1.12. The molecule has 2 aromatic carbocycles. The van der Waals surface area contributed by atoms with Crippen molar-refractivity contribution in [2.45, 2.75) is 11.1 Å². The van der Waals surface area contributed by atoms with Gasteiger partial charge in [-0.3, -0.25) is 9.52 Å². The first kappa shape index (κ1) is 20.6. The standard InChI is InChI=1S/C20H18N2O5S2/c1-13-16(20(24)27-2)5-3-6-17(13)21-19(23)14-8-10-15(11-9-14)22-29(25,26)18-7-4-12-28-18/h3-12,22H,1-2H3,(H,21,23). The summed E-state index contributed by atoms with van der Waals surface area (Å²) in [5.74, 6) is -0.872. The number of ether oxygens (including phenoxy) is 1. The highest BCUT2D eigenvalue weighted by atomic mass is 32.2. The summed E-state index contributed by atoms with van der Waals surface area (Å²) in [5, 5.41) is 4.43. The molecule has 1 amide bonds. The van der Waals surface area contributed by atoms with Crippen LogP contribution in [0.2, 0.25) is 0 Å². The number of methoxy groups -OCH3 is 1. The number of hydrogen-bond acceptors (Lipinski definition) is 6. The van der Waals surface area contributed by atoms with Crippen molar-refractivity contribution in [3.8, 4) is 0 Å². The van der Waals surface area contributed by atoms with Gasteiger partial charge in [-0.1, -0.05) is 12.1 Å². The molecule has 1 aromatic heterocycles. The van der Waals surface area contributed by atoms with Gasteiger partial charge < -0.3 is 10.1 Å². The summed E-state index contributed by atoms with van der Waals surface area (Å²) in [6.07, 6.45) is 0. The lowest BCUT2D eigenvalue weighted by Gasteiger charge is -2.12. The molecule has 0 radical (unpaired) electrons. The predicted octanol–water partition coefficient (Wildman–Crippen LogP) is 3.90. The number of benzene rings is 2. The van der Waals surface area contributed by atoms with Gasteiger partial charge in [-0.05, 0) is 60.3 Å². The highest BCUT2D eigenvalue weighted by Gasteiger charge is 2.16. The summed E-state index contributed by atoms with van der Waals surface area (Å²) < 4.78 is 31.9. The molecule has 0 saturated heterocycles. The summed E-state index contributed by atoms with van der Waals surface area (Å²) in [6, 6.07) is 14.2. The van der Waals surface area contributed by atoms with Crippen molar-refractivity contribution in [2.24, 2.45) is 0 Å². The third kappa shape index (κ3) is 4.64. The van der Waals surface area contributed by atoms with Crippen molar-refractivity contribution < 1.29 is 22.7 Å². The molecule has 0 bridgehead atoms. The van der Waals surface area contributed by atoms with Crippen molar-refractivity contribution in [3.63, 3.8) is 0 Å².